The standard InChI is InChI=1S/C17H23FN2O/c18-14-8-4-7-13-11-16(21-17(13)14)15(20-19)10-9-12-5-2-1-3-6-12/h4,7-8,11-12,15,20H,1-3,5-6,9-10,19H2. The minimum absolute atomic E-state index is 0.0428. The number of benzene rings is 1. The average molecular weight is 290 g/mol. The highest BCUT2D eigenvalue weighted by Gasteiger charge is 2.20. The van der Waals surface area contributed by atoms with Gasteiger partial charge in [0.05, 0.1) is 6.04 Å². The third kappa shape index (κ3) is 3.27. The second-order valence-corrected chi connectivity index (χ2v) is 6.11. The van der Waals surface area contributed by atoms with Crippen LogP contribution in [0.5, 0.6) is 0 Å². The summed E-state index contributed by atoms with van der Waals surface area (Å²) in [6.45, 7) is 0. The van der Waals surface area contributed by atoms with Gasteiger partial charge in [0.2, 0.25) is 0 Å². The lowest BCUT2D eigenvalue weighted by molar-refractivity contribution is 0.304. The highest BCUT2D eigenvalue weighted by molar-refractivity contribution is 5.78. The number of hydrazine groups is 1. The van der Waals surface area contributed by atoms with Crippen molar-refractivity contribution < 1.29 is 8.81 Å². The van der Waals surface area contributed by atoms with Crippen LogP contribution in [0.25, 0.3) is 11.0 Å². The Morgan fingerprint density at radius 2 is 2.10 bits per heavy atom. The van der Waals surface area contributed by atoms with Gasteiger partial charge in [0.15, 0.2) is 11.4 Å². The Morgan fingerprint density at radius 3 is 2.81 bits per heavy atom. The fourth-order valence-corrected chi connectivity index (χ4v) is 3.41. The number of rotatable bonds is 5. The summed E-state index contributed by atoms with van der Waals surface area (Å²) in [4.78, 5) is 0. The highest BCUT2D eigenvalue weighted by Crippen LogP contribution is 2.32. The molecule has 3 rings (SSSR count). The van der Waals surface area contributed by atoms with E-state index in [9.17, 15) is 4.39 Å². The van der Waals surface area contributed by atoms with Crippen molar-refractivity contribution >= 4 is 11.0 Å². The van der Waals surface area contributed by atoms with Crippen molar-refractivity contribution in [2.45, 2.75) is 51.0 Å². The van der Waals surface area contributed by atoms with Crippen molar-refractivity contribution in [2.24, 2.45) is 11.8 Å². The number of furan rings is 1. The van der Waals surface area contributed by atoms with Gasteiger partial charge < -0.3 is 4.42 Å². The lowest BCUT2D eigenvalue weighted by Crippen LogP contribution is -2.28. The van der Waals surface area contributed by atoms with Gasteiger partial charge in [-0.25, -0.2) is 9.82 Å². The third-order valence-corrected chi connectivity index (χ3v) is 4.65. The zero-order valence-electron chi connectivity index (χ0n) is 12.3. The molecule has 0 bridgehead atoms. The summed E-state index contributed by atoms with van der Waals surface area (Å²) in [5, 5.41) is 0.794. The maximum Gasteiger partial charge on any atom is 0.169 e. The zero-order valence-corrected chi connectivity index (χ0v) is 12.3. The number of hydrogen-bond acceptors (Lipinski definition) is 3. The van der Waals surface area contributed by atoms with Crippen LogP contribution < -0.4 is 11.3 Å². The first-order valence-electron chi connectivity index (χ1n) is 7.92. The molecular formula is C17H23FN2O. The highest BCUT2D eigenvalue weighted by atomic mass is 19.1. The van der Waals surface area contributed by atoms with Crippen LogP contribution in [0.15, 0.2) is 28.7 Å². The average Bonchev–Trinajstić information content (AvgIpc) is 2.94. The predicted octanol–water partition coefficient (Wildman–Crippen LogP) is 4.44. The van der Waals surface area contributed by atoms with E-state index in [0.29, 0.717) is 5.58 Å². The minimum atomic E-state index is -0.318. The Bertz CT molecular complexity index is 589. The van der Waals surface area contributed by atoms with Crippen molar-refractivity contribution in [3.8, 4) is 0 Å². The van der Waals surface area contributed by atoms with Crippen LogP contribution in [0.3, 0.4) is 0 Å². The van der Waals surface area contributed by atoms with Crippen molar-refractivity contribution in [1.82, 2.24) is 5.43 Å². The van der Waals surface area contributed by atoms with Crippen LogP contribution in [0.4, 0.5) is 4.39 Å². The maximum absolute atomic E-state index is 13.7. The molecule has 0 radical (unpaired) electrons. The molecular weight excluding hydrogens is 267 g/mol. The molecule has 114 valence electrons. The SMILES string of the molecule is NNC(CCC1CCCCC1)c1cc2cccc(F)c2o1. The molecule has 1 atom stereocenters. The van der Waals surface area contributed by atoms with Gasteiger partial charge in [0.25, 0.3) is 0 Å². The van der Waals surface area contributed by atoms with E-state index in [1.165, 1.54) is 38.2 Å². The van der Waals surface area contributed by atoms with Crippen molar-refractivity contribution in [2.75, 3.05) is 0 Å². The zero-order chi connectivity index (χ0) is 14.7. The number of nitrogens with one attached hydrogen (secondary N) is 1. The molecule has 1 saturated carbocycles. The predicted molar refractivity (Wildman–Crippen MR) is 82.0 cm³/mol. The van der Waals surface area contributed by atoms with Gasteiger partial charge in [-0.05, 0) is 30.9 Å². The number of para-hydroxylation sites is 1. The van der Waals surface area contributed by atoms with E-state index in [0.717, 1.165) is 29.9 Å². The van der Waals surface area contributed by atoms with Crippen molar-refractivity contribution in [3.63, 3.8) is 0 Å². The maximum atomic E-state index is 13.7. The molecule has 3 N–H and O–H groups in total. The van der Waals surface area contributed by atoms with Crippen LogP contribution in [-0.2, 0) is 0 Å². The Labute approximate surface area is 124 Å². The molecule has 1 fully saturated rings. The van der Waals surface area contributed by atoms with E-state index in [1.807, 2.05) is 12.1 Å². The molecule has 1 aliphatic rings. The van der Waals surface area contributed by atoms with Crippen molar-refractivity contribution in [1.29, 1.82) is 0 Å². The van der Waals surface area contributed by atoms with E-state index in [-0.39, 0.29) is 11.9 Å². The summed E-state index contributed by atoms with van der Waals surface area (Å²) in [6.07, 6.45) is 8.80. The number of fused-ring (bicyclic) bond motifs is 1. The van der Waals surface area contributed by atoms with Crippen LogP contribution >= 0.6 is 0 Å². The van der Waals surface area contributed by atoms with Crippen molar-refractivity contribution in [3.05, 3.63) is 35.8 Å². The van der Waals surface area contributed by atoms with E-state index in [1.54, 1.807) is 6.07 Å². The van der Waals surface area contributed by atoms with E-state index >= 15 is 0 Å². The first-order chi connectivity index (χ1) is 10.3. The summed E-state index contributed by atoms with van der Waals surface area (Å²) in [5.74, 6) is 6.89. The molecule has 0 aliphatic heterocycles. The number of nitrogens with two attached hydrogens (primary N) is 1. The van der Waals surface area contributed by atoms with Gasteiger partial charge in [-0.1, -0.05) is 44.2 Å². The van der Waals surface area contributed by atoms with Crippen LogP contribution in [-0.4, -0.2) is 0 Å². The largest absolute Gasteiger partial charge is 0.456 e. The number of halogens is 1. The van der Waals surface area contributed by atoms with Gasteiger partial charge in [0, 0.05) is 5.39 Å². The molecule has 0 saturated heterocycles. The van der Waals surface area contributed by atoms with Gasteiger partial charge in [-0.2, -0.15) is 0 Å². The Kier molecular flexibility index (Phi) is 4.56. The monoisotopic (exact) mass is 290 g/mol. The first kappa shape index (κ1) is 14.5. The smallest absolute Gasteiger partial charge is 0.169 e. The summed E-state index contributed by atoms with van der Waals surface area (Å²) in [6, 6.07) is 6.83. The Morgan fingerprint density at radius 1 is 1.29 bits per heavy atom. The molecule has 21 heavy (non-hydrogen) atoms. The van der Waals surface area contributed by atoms with E-state index < -0.39 is 0 Å². The second-order valence-electron chi connectivity index (χ2n) is 6.11. The molecule has 1 heterocycles. The fourth-order valence-electron chi connectivity index (χ4n) is 3.41. The molecule has 1 aromatic carbocycles. The Balaban J connectivity index is 1.70. The summed E-state index contributed by atoms with van der Waals surface area (Å²) in [5.41, 5.74) is 3.15. The van der Waals surface area contributed by atoms with Gasteiger partial charge in [-0.15, -0.1) is 0 Å². The van der Waals surface area contributed by atoms with Gasteiger partial charge >= 0.3 is 0 Å². The molecule has 0 spiro atoms. The van der Waals surface area contributed by atoms with Crippen LogP contribution in [0, 0.1) is 11.7 Å². The van der Waals surface area contributed by atoms with Gasteiger partial charge in [0.1, 0.15) is 5.76 Å². The normalized spacial score (nSPS) is 18.2. The molecule has 4 heteroatoms. The lowest BCUT2D eigenvalue weighted by Gasteiger charge is -2.23. The van der Waals surface area contributed by atoms with E-state index in [2.05, 4.69) is 5.43 Å². The van der Waals surface area contributed by atoms with Crippen LogP contribution in [0.1, 0.15) is 56.7 Å². The molecule has 3 nitrogen and oxygen atoms in total. The lowest BCUT2D eigenvalue weighted by atomic mass is 9.85. The summed E-state index contributed by atoms with van der Waals surface area (Å²) < 4.78 is 19.4. The molecule has 2 aromatic rings. The fraction of sp³-hybridized carbons (Fsp3) is 0.529. The van der Waals surface area contributed by atoms with E-state index in [4.69, 9.17) is 10.3 Å². The second kappa shape index (κ2) is 6.58. The first-order valence-corrected chi connectivity index (χ1v) is 7.92. The quantitative estimate of drug-likeness (QED) is 0.632. The topological polar surface area (TPSA) is 51.2 Å². The molecule has 1 aliphatic carbocycles. The minimum Gasteiger partial charge on any atom is -0.456 e. The molecule has 1 unspecified atom stereocenters. The molecule has 0 amide bonds. The number of hydrogen-bond donors (Lipinski definition) is 2. The van der Waals surface area contributed by atoms with Gasteiger partial charge in [-0.3, -0.25) is 5.84 Å². The summed E-state index contributed by atoms with van der Waals surface area (Å²) >= 11 is 0. The van der Waals surface area contributed by atoms with Crippen LogP contribution in [0.2, 0.25) is 0 Å². The summed E-state index contributed by atoms with van der Waals surface area (Å²) in [7, 11) is 0. The third-order valence-electron chi connectivity index (χ3n) is 4.65. The Hall–Kier alpha value is -1.39. The molecule has 1 aromatic heterocycles.